The van der Waals surface area contributed by atoms with Gasteiger partial charge in [-0.15, -0.1) is 0 Å². The quantitative estimate of drug-likeness (QED) is 0.812. The third-order valence-corrected chi connectivity index (χ3v) is 6.97. The molecule has 28 heavy (non-hydrogen) atoms. The third-order valence-electron chi connectivity index (χ3n) is 5.93. The van der Waals surface area contributed by atoms with Crippen LogP contribution in [-0.4, -0.2) is 56.0 Å². The fourth-order valence-electron chi connectivity index (χ4n) is 4.32. The number of hydrogen-bond acceptors (Lipinski definition) is 7. The maximum atomic E-state index is 11.7. The zero-order valence-corrected chi connectivity index (χ0v) is 16.4. The maximum absolute atomic E-state index is 11.7. The van der Waals surface area contributed by atoms with Gasteiger partial charge in [-0.05, 0) is 24.7 Å². The van der Waals surface area contributed by atoms with Crippen molar-refractivity contribution >= 4 is 26.8 Å². The van der Waals surface area contributed by atoms with Crippen molar-refractivity contribution in [3.63, 3.8) is 0 Å². The smallest absolute Gasteiger partial charge is 0.276 e. The van der Waals surface area contributed by atoms with Gasteiger partial charge in [-0.2, -0.15) is 18.0 Å². The van der Waals surface area contributed by atoms with E-state index in [1.54, 1.807) is 25.6 Å². The molecule has 0 atom stereocenters. The third kappa shape index (κ3) is 3.26. The lowest BCUT2D eigenvalue weighted by Gasteiger charge is -2.40. The zero-order chi connectivity index (χ0) is 19.9. The SMILES string of the molecule is COc1cc2c(N3CCC4(CC3)CCN(S(N)(=O)=O)C4)c(C#N)cnc2cn1. The lowest BCUT2D eigenvalue weighted by atomic mass is 9.77. The summed E-state index contributed by atoms with van der Waals surface area (Å²) in [6, 6.07) is 4.05. The molecule has 0 aromatic carbocycles. The second-order valence-corrected chi connectivity index (χ2v) is 9.04. The van der Waals surface area contributed by atoms with Crippen molar-refractivity contribution in [1.82, 2.24) is 14.3 Å². The highest BCUT2D eigenvalue weighted by Crippen LogP contribution is 2.43. The summed E-state index contributed by atoms with van der Waals surface area (Å²) in [7, 11) is -2.09. The highest BCUT2D eigenvalue weighted by molar-refractivity contribution is 7.86. The monoisotopic (exact) mass is 402 g/mol. The minimum atomic E-state index is -3.64. The number of methoxy groups -OCH3 is 1. The summed E-state index contributed by atoms with van der Waals surface area (Å²) in [5.74, 6) is 0.471. The first-order valence-corrected chi connectivity index (χ1v) is 10.6. The predicted molar refractivity (Wildman–Crippen MR) is 104 cm³/mol. The summed E-state index contributed by atoms with van der Waals surface area (Å²) in [5.41, 5.74) is 2.01. The van der Waals surface area contributed by atoms with Crippen LogP contribution in [0.25, 0.3) is 10.9 Å². The van der Waals surface area contributed by atoms with Crippen molar-refractivity contribution in [2.45, 2.75) is 19.3 Å². The van der Waals surface area contributed by atoms with Gasteiger partial charge in [0, 0.05) is 43.8 Å². The van der Waals surface area contributed by atoms with Crippen LogP contribution in [0.15, 0.2) is 18.5 Å². The molecule has 0 bridgehead atoms. The number of rotatable bonds is 3. The molecule has 2 aliphatic rings. The Morgan fingerprint density at radius 3 is 2.54 bits per heavy atom. The molecule has 9 nitrogen and oxygen atoms in total. The van der Waals surface area contributed by atoms with Crippen molar-refractivity contribution in [2.75, 3.05) is 38.2 Å². The van der Waals surface area contributed by atoms with E-state index in [4.69, 9.17) is 9.88 Å². The maximum Gasteiger partial charge on any atom is 0.276 e. The number of fused-ring (bicyclic) bond motifs is 1. The highest BCUT2D eigenvalue weighted by atomic mass is 32.2. The molecular weight excluding hydrogens is 380 g/mol. The number of pyridine rings is 2. The summed E-state index contributed by atoms with van der Waals surface area (Å²) >= 11 is 0. The Labute approximate surface area is 163 Å². The summed E-state index contributed by atoms with van der Waals surface area (Å²) in [5, 5.41) is 15.7. The van der Waals surface area contributed by atoms with Gasteiger partial charge in [0.05, 0.1) is 30.1 Å². The van der Waals surface area contributed by atoms with E-state index in [-0.39, 0.29) is 5.41 Å². The van der Waals surface area contributed by atoms with Crippen LogP contribution in [0.4, 0.5) is 5.69 Å². The van der Waals surface area contributed by atoms with Gasteiger partial charge >= 0.3 is 0 Å². The van der Waals surface area contributed by atoms with E-state index in [1.165, 1.54) is 4.31 Å². The van der Waals surface area contributed by atoms with Gasteiger partial charge in [-0.3, -0.25) is 4.98 Å². The van der Waals surface area contributed by atoms with Crippen molar-refractivity contribution in [3.05, 3.63) is 24.0 Å². The van der Waals surface area contributed by atoms with Crippen molar-refractivity contribution in [3.8, 4) is 11.9 Å². The Balaban J connectivity index is 1.63. The number of nitriles is 1. The van der Waals surface area contributed by atoms with Crippen LogP contribution < -0.4 is 14.8 Å². The Kier molecular flexibility index (Phi) is 4.61. The van der Waals surface area contributed by atoms with Crippen molar-refractivity contribution in [2.24, 2.45) is 10.6 Å². The molecule has 2 aromatic rings. The van der Waals surface area contributed by atoms with Crippen molar-refractivity contribution in [1.29, 1.82) is 5.26 Å². The lowest BCUT2D eigenvalue weighted by molar-refractivity contribution is 0.235. The molecule has 2 saturated heterocycles. The Bertz CT molecular complexity index is 1060. The summed E-state index contributed by atoms with van der Waals surface area (Å²) < 4.78 is 30.0. The van der Waals surface area contributed by atoms with Crippen LogP contribution in [0.3, 0.4) is 0 Å². The van der Waals surface area contributed by atoms with Gasteiger partial charge in [0.1, 0.15) is 6.07 Å². The fourth-order valence-corrected chi connectivity index (χ4v) is 5.12. The van der Waals surface area contributed by atoms with Gasteiger partial charge < -0.3 is 9.64 Å². The molecule has 0 aliphatic carbocycles. The topological polar surface area (TPSA) is 125 Å². The number of hydrogen-bond donors (Lipinski definition) is 1. The van der Waals surface area contributed by atoms with Crippen LogP contribution in [-0.2, 0) is 10.2 Å². The number of anilines is 1. The average Bonchev–Trinajstić information content (AvgIpc) is 3.11. The second kappa shape index (κ2) is 6.84. The Hall–Kier alpha value is -2.48. The number of aromatic nitrogens is 2. The molecule has 4 rings (SSSR count). The summed E-state index contributed by atoms with van der Waals surface area (Å²) in [6.07, 6.45) is 5.72. The van der Waals surface area contributed by atoms with Gasteiger partial charge in [-0.1, -0.05) is 0 Å². The van der Waals surface area contributed by atoms with E-state index >= 15 is 0 Å². The zero-order valence-electron chi connectivity index (χ0n) is 15.6. The molecule has 2 fully saturated rings. The highest BCUT2D eigenvalue weighted by Gasteiger charge is 2.43. The van der Waals surface area contributed by atoms with Crippen LogP contribution in [0, 0.1) is 16.7 Å². The molecule has 2 aromatic heterocycles. The molecule has 0 saturated carbocycles. The number of nitrogens with zero attached hydrogens (tertiary/aromatic N) is 5. The van der Waals surface area contributed by atoms with Crippen LogP contribution in [0.2, 0.25) is 0 Å². The van der Waals surface area contributed by atoms with E-state index in [9.17, 15) is 13.7 Å². The van der Waals surface area contributed by atoms with Crippen LogP contribution in [0.1, 0.15) is 24.8 Å². The first-order valence-electron chi connectivity index (χ1n) is 9.11. The van der Waals surface area contributed by atoms with Gasteiger partial charge in [0.25, 0.3) is 10.2 Å². The molecule has 2 aliphatic heterocycles. The van der Waals surface area contributed by atoms with Crippen LogP contribution >= 0.6 is 0 Å². The summed E-state index contributed by atoms with van der Waals surface area (Å²) in [4.78, 5) is 10.7. The van der Waals surface area contributed by atoms with E-state index in [0.717, 1.165) is 43.4 Å². The van der Waals surface area contributed by atoms with Gasteiger partial charge in [-0.25, -0.2) is 10.1 Å². The Morgan fingerprint density at radius 2 is 1.93 bits per heavy atom. The molecule has 2 N–H and O–H groups in total. The molecule has 148 valence electrons. The summed E-state index contributed by atoms with van der Waals surface area (Å²) in [6.45, 7) is 2.41. The molecular formula is C18H22N6O3S. The standard InChI is InChI=1S/C18H22N6O3S/c1-27-16-8-14-15(11-22-16)21-10-13(9-19)17(14)23-5-2-18(3-6-23)4-7-24(12-18)28(20,25)26/h8,10-11H,2-7,12H2,1H3,(H2,20,25,26). The molecule has 0 radical (unpaired) electrons. The first-order chi connectivity index (χ1) is 13.3. The van der Waals surface area contributed by atoms with Gasteiger partial charge in [0.15, 0.2) is 0 Å². The lowest BCUT2D eigenvalue weighted by Crippen LogP contribution is -2.43. The van der Waals surface area contributed by atoms with Crippen LogP contribution in [0.5, 0.6) is 5.88 Å². The normalized spacial score (nSPS) is 19.8. The Morgan fingerprint density at radius 1 is 1.21 bits per heavy atom. The minimum absolute atomic E-state index is 0.0438. The van der Waals surface area contributed by atoms with Gasteiger partial charge in [0.2, 0.25) is 5.88 Å². The number of piperidine rings is 1. The molecule has 4 heterocycles. The number of ether oxygens (including phenoxy) is 1. The molecule has 0 unspecified atom stereocenters. The first kappa shape index (κ1) is 18.9. The van der Waals surface area contributed by atoms with Crippen molar-refractivity contribution < 1.29 is 13.2 Å². The largest absolute Gasteiger partial charge is 0.481 e. The van der Waals surface area contributed by atoms with E-state index in [2.05, 4.69) is 20.9 Å². The van der Waals surface area contributed by atoms with E-state index < -0.39 is 10.2 Å². The second-order valence-electron chi connectivity index (χ2n) is 7.49. The van der Waals surface area contributed by atoms with E-state index in [0.29, 0.717) is 30.0 Å². The molecule has 10 heteroatoms. The minimum Gasteiger partial charge on any atom is -0.481 e. The molecule has 1 spiro atoms. The predicted octanol–water partition coefficient (Wildman–Crippen LogP) is 1.01. The molecule has 0 amide bonds. The van der Waals surface area contributed by atoms with E-state index in [1.807, 2.05) is 0 Å². The average molecular weight is 402 g/mol. The number of nitrogens with two attached hydrogens (primary N) is 1. The fraction of sp³-hybridized carbons (Fsp3) is 0.500.